The van der Waals surface area contributed by atoms with E-state index < -0.39 is 5.54 Å². The monoisotopic (exact) mass is 308 g/mol. The van der Waals surface area contributed by atoms with Crippen molar-refractivity contribution in [3.05, 3.63) is 53.9 Å². The van der Waals surface area contributed by atoms with E-state index in [1.807, 2.05) is 50.5 Å². The molecule has 0 bridgehead atoms. The average molecular weight is 309 g/mol. The molecular weight excluding hydrogens is 288 g/mol. The van der Waals surface area contributed by atoms with E-state index >= 15 is 0 Å². The zero-order valence-electron chi connectivity index (χ0n) is 12.4. The van der Waals surface area contributed by atoms with Gasteiger partial charge in [-0.15, -0.1) is 12.4 Å². The summed E-state index contributed by atoms with van der Waals surface area (Å²) in [7, 11) is 1.84. The third-order valence-electron chi connectivity index (χ3n) is 3.42. The number of aromatic nitrogens is 2. The zero-order valence-corrected chi connectivity index (χ0v) is 13.2. The number of rotatable bonds is 4. The number of carbonyl (C=O) groups excluding carboxylic acids is 1. The van der Waals surface area contributed by atoms with Crippen LogP contribution in [0.4, 0.5) is 0 Å². The Bertz CT molecular complexity index is 595. The summed E-state index contributed by atoms with van der Waals surface area (Å²) in [5, 5.41) is 7.03. The molecular formula is C15H21ClN4O. The second-order valence-electron chi connectivity index (χ2n) is 5.21. The van der Waals surface area contributed by atoms with Crippen LogP contribution in [0.15, 0.2) is 42.7 Å². The molecule has 2 aromatic rings. The molecule has 0 spiro atoms. The summed E-state index contributed by atoms with van der Waals surface area (Å²) in [6.45, 7) is 3.63. The van der Waals surface area contributed by atoms with Crippen LogP contribution in [-0.2, 0) is 17.4 Å². The van der Waals surface area contributed by atoms with Gasteiger partial charge in [-0.2, -0.15) is 5.10 Å². The number of amides is 1. The Morgan fingerprint density at radius 3 is 2.52 bits per heavy atom. The first-order valence-electron chi connectivity index (χ1n) is 6.55. The largest absolute Gasteiger partial charge is 0.348 e. The van der Waals surface area contributed by atoms with Gasteiger partial charge in [-0.25, -0.2) is 0 Å². The van der Waals surface area contributed by atoms with Crippen molar-refractivity contribution >= 4 is 18.3 Å². The fraction of sp³-hybridized carbons (Fsp3) is 0.333. The Kier molecular flexibility index (Phi) is 5.52. The molecule has 5 nitrogen and oxygen atoms in total. The van der Waals surface area contributed by atoms with E-state index in [0.717, 1.165) is 11.1 Å². The molecule has 0 aliphatic heterocycles. The van der Waals surface area contributed by atoms with Gasteiger partial charge in [0.15, 0.2) is 0 Å². The summed E-state index contributed by atoms with van der Waals surface area (Å²) in [5.41, 5.74) is 6.86. The summed E-state index contributed by atoms with van der Waals surface area (Å²) in [6.07, 6.45) is 3.61. The van der Waals surface area contributed by atoms with Gasteiger partial charge in [-0.3, -0.25) is 9.48 Å². The van der Waals surface area contributed by atoms with Gasteiger partial charge < -0.3 is 11.1 Å². The van der Waals surface area contributed by atoms with Crippen LogP contribution in [0.25, 0.3) is 0 Å². The van der Waals surface area contributed by atoms with E-state index in [-0.39, 0.29) is 24.4 Å². The summed E-state index contributed by atoms with van der Waals surface area (Å²) in [6, 6.07) is 9.22. The van der Waals surface area contributed by atoms with Gasteiger partial charge in [-0.05, 0) is 19.4 Å². The van der Waals surface area contributed by atoms with Crippen molar-refractivity contribution in [1.29, 1.82) is 0 Å². The van der Waals surface area contributed by atoms with Crippen LogP contribution in [0.5, 0.6) is 0 Å². The highest BCUT2D eigenvalue weighted by molar-refractivity contribution is 5.87. The maximum absolute atomic E-state index is 12.4. The summed E-state index contributed by atoms with van der Waals surface area (Å²) < 4.78 is 1.71. The number of nitrogens with one attached hydrogen (secondary N) is 1. The van der Waals surface area contributed by atoms with Crippen LogP contribution in [0, 0.1) is 0 Å². The predicted octanol–water partition coefficient (Wildman–Crippen LogP) is 1.89. The predicted molar refractivity (Wildman–Crippen MR) is 85.0 cm³/mol. The number of nitrogens with two attached hydrogens (primary N) is 1. The SMILES string of the molecule is CC(NC(=O)C(C)(N)c1ccccc1)c1cnn(C)c1.Cl. The number of aryl methyl sites for hydroxylation is 1. The highest BCUT2D eigenvalue weighted by Gasteiger charge is 2.31. The molecule has 0 aliphatic carbocycles. The topological polar surface area (TPSA) is 72.9 Å². The zero-order chi connectivity index (χ0) is 14.8. The fourth-order valence-electron chi connectivity index (χ4n) is 2.01. The number of hydrogen-bond acceptors (Lipinski definition) is 3. The number of carbonyl (C=O) groups is 1. The second kappa shape index (κ2) is 6.74. The molecule has 2 atom stereocenters. The number of hydrogen-bond donors (Lipinski definition) is 2. The van der Waals surface area contributed by atoms with Crippen LogP contribution in [-0.4, -0.2) is 15.7 Å². The minimum Gasteiger partial charge on any atom is -0.348 e. The standard InChI is InChI=1S/C15H20N4O.ClH/c1-11(12-9-17-19(3)10-12)18-14(20)15(2,16)13-7-5-4-6-8-13;/h4-11H,16H2,1-3H3,(H,18,20);1H. The number of nitrogens with zero attached hydrogens (tertiary/aromatic N) is 2. The van der Waals surface area contributed by atoms with Crippen LogP contribution in [0.2, 0.25) is 0 Å². The van der Waals surface area contributed by atoms with E-state index in [4.69, 9.17) is 5.73 Å². The van der Waals surface area contributed by atoms with Crippen molar-refractivity contribution in [2.75, 3.05) is 0 Å². The van der Waals surface area contributed by atoms with Crippen molar-refractivity contribution in [3.8, 4) is 0 Å². The lowest BCUT2D eigenvalue weighted by Gasteiger charge is -2.26. The molecule has 0 radical (unpaired) electrons. The Labute approximate surface area is 130 Å². The van der Waals surface area contributed by atoms with Crippen LogP contribution < -0.4 is 11.1 Å². The third-order valence-corrected chi connectivity index (χ3v) is 3.42. The maximum Gasteiger partial charge on any atom is 0.244 e. The van der Waals surface area contributed by atoms with Gasteiger partial charge in [0, 0.05) is 18.8 Å². The summed E-state index contributed by atoms with van der Waals surface area (Å²) in [5.74, 6) is -0.208. The molecule has 0 fully saturated rings. The molecule has 1 aromatic carbocycles. The molecule has 21 heavy (non-hydrogen) atoms. The molecule has 114 valence electrons. The first kappa shape index (κ1) is 17.2. The van der Waals surface area contributed by atoms with Gasteiger partial charge in [0.25, 0.3) is 0 Å². The fourth-order valence-corrected chi connectivity index (χ4v) is 2.01. The number of halogens is 1. The van der Waals surface area contributed by atoms with Gasteiger partial charge in [0.2, 0.25) is 5.91 Å². The van der Waals surface area contributed by atoms with Crippen molar-refractivity contribution in [2.24, 2.45) is 12.8 Å². The van der Waals surface area contributed by atoms with Crippen LogP contribution >= 0.6 is 12.4 Å². The van der Waals surface area contributed by atoms with Gasteiger partial charge in [0.05, 0.1) is 12.2 Å². The molecule has 1 heterocycles. The highest BCUT2D eigenvalue weighted by atomic mass is 35.5. The Balaban J connectivity index is 0.00000220. The molecule has 0 aliphatic rings. The quantitative estimate of drug-likeness (QED) is 0.906. The second-order valence-corrected chi connectivity index (χ2v) is 5.21. The lowest BCUT2D eigenvalue weighted by Crippen LogP contribution is -2.49. The average Bonchev–Trinajstić information content (AvgIpc) is 2.86. The molecule has 3 N–H and O–H groups in total. The van der Waals surface area contributed by atoms with E-state index in [1.165, 1.54) is 0 Å². The summed E-state index contributed by atoms with van der Waals surface area (Å²) in [4.78, 5) is 12.4. The lowest BCUT2D eigenvalue weighted by atomic mass is 9.92. The smallest absolute Gasteiger partial charge is 0.244 e. The molecule has 0 saturated carbocycles. The molecule has 2 rings (SSSR count). The molecule has 2 unspecified atom stereocenters. The molecule has 1 amide bonds. The maximum atomic E-state index is 12.4. The van der Waals surface area contributed by atoms with Gasteiger partial charge >= 0.3 is 0 Å². The number of benzene rings is 1. The van der Waals surface area contributed by atoms with E-state index in [2.05, 4.69) is 10.4 Å². The van der Waals surface area contributed by atoms with Gasteiger partial charge in [-0.1, -0.05) is 30.3 Å². The van der Waals surface area contributed by atoms with E-state index in [0.29, 0.717) is 0 Å². The van der Waals surface area contributed by atoms with Crippen LogP contribution in [0.3, 0.4) is 0 Å². The summed E-state index contributed by atoms with van der Waals surface area (Å²) >= 11 is 0. The third kappa shape index (κ3) is 3.83. The van der Waals surface area contributed by atoms with Crippen LogP contribution in [0.1, 0.15) is 31.0 Å². The highest BCUT2D eigenvalue weighted by Crippen LogP contribution is 2.19. The normalized spacial score (nSPS) is 14.7. The van der Waals surface area contributed by atoms with Crippen molar-refractivity contribution < 1.29 is 4.79 Å². The lowest BCUT2D eigenvalue weighted by molar-refractivity contribution is -0.126. The minimum absolute atomic E-state index is 0. The minimum atomic E-state index is -1.06. The Morgan fingerprint density at radius 2 is 2.00 bits per heavy atom. The molecule has 6 heteroatoms. The Morgan fingerprint density at radius 1 is 1.38 bits per heavy atom. The van der Waals surface area contributed by atoms with Crippen molar-refractivity contribution in [2.45, 2.75) is 25.4 Å². The van der Waals surface area contributed by atoms with Crippen molar-refractivity contribution in [3.63, 3.8) is 0 Å². The Hall–Kier alpha value is -1.85. The molecule has 0 saturated heterocycles. The van der Waals surface area contributed by atoms with Gasteiger partial charge in [0.1, 0.15) is 5.54 Å². The van der Waals surface area contributed by atoms with E-state index in [1.54, 1.807) is 17.8 Å². The first-order chi connectivity index (χ1) is 9.41. The first-order valence-corrected chi connectivity index (χ1v) is 6.55. The van der Waals surface area contributed by atoms with E-state index in [9.17, 15) is 4.79 Å². The molecule has 1 aromatic heterocycles. The van der Waals surface area contributed by atoms with Crippen molar-refractivity contribution in [1.82, 2.24) is 15.1 Å².